The summed E-state index contributed by atoms with van der Waals surface area (Å²) >= 11 is 0. The van der Waals surface area contributed by atoms with Crippen LogP contribution >= 0.6 is 0 Å². The number of hydrogen-bond acceptors (Lipinski definition) is 3. The van der Waals surface area contributed by atoms with Crippen LogP contribution in [0.1, 0.15) is 23.2 Å². The molecule has 5 heteroatoms. The van der Waals surface area contributed by atoms with Crippen molar-refractivity contribution < 1.29 is 19.1 Å². The first-order valence-corrected chi connectivity index (χ1v) is 4.22. The highest BCUT2D eigenvalue weighted by Gasteiger charge is 2.10. The Balaban J connectivity index is 2.56. The molecule has 0 aliphatic rings. The molecule has 0 unspecified atom stereocenters. The average molecular weight is 197 g/mol. The van der Waals surface area contributed by atoms with E-state index in [4.69, 9.17) is 9.52 Å². The van der Waals surface area contributed by atoms with Crippen LogP contribution in [-0.4, -0.2) is 23.5 Å². The molecule has 0 spiro atoms. The molecule has 1 heterocycles. The maximum atomic E-state index is 11.2. The topological polar surface area (TPSA) is 79.5 Å². The van der Waals surface area contributed by atoms with Gasteiger partial charge in [-0.2, -0.15) is 0 Å². The van der Waals surface area contributed by atoms with Crippen molar-refractivity contribution in [3.05, 3.63) is 23.7 Å². The van der Waals surface area contributed by atoms with Crippen LogP contribution < -0.4 is 5.32 Å². The van der Waals surface area contributed by atoms with Gasteiger partial charge >= 0.3 is 5.97 Å². The first-order valence-electron chi connectivity index (χ1n) is 4.22. The summed E-state index contributed by atoms with van der Waals surface area (Å²) < 4.78 is 5.12. The monoisotopic (exact) mass is 197 g/mol. The molecule has 76 valence electrons. The summed E-state index contributed by atoms with van der Waals surface area (Å²) in [6.07, 6.45) is 0.701. The van der Waals surface area contributed by atoms with Crippen molar-refractivity contribution in [3.8, 4) is 0 Å². The van der Waals surface area contributed by atoms with Crippen LogP contribution in [0.5, 0.6) is 0 Å². The summed E-state index contributed by atoms with van der Waals surface area (Å²) in [7, 11) is 0. The third kappa shape index (κ3) is 2.62. The number of amides is 1. The van der Waals surface area contributed by atoms with E-state index in [1.807, 2.05) is 6.92 Å². The number of aryl methyl sites for hydroxylation is 1. The Kier molecular flexibility index (Phi) is 3.28. The number of carboxylic acids is 1. The molecule has 0 aromatic carbocycles. The van der Waals surface area contributed by atoms with Crippen LogP contribution in [0.3, 0.4) is 0 Å². The quantitative estimate of drug-likeness (QED) is 0.742. The molecule has 0 atom stereocenters. The predicted octanol–water partition coefficient (Wildman–Crippen LogP) is 0.656. The molecule has 5 nitrogen and oxygen atoms in total. The second kappa shape index (κ2) is 4.45. The van der Waals surface area contributed by atoms with Gasteiger partial charge in [-0.25, -0.2) is 0 Å². The van der Waals surface area contributed by atoms with Crippen molar-refractivity contribution in [1.29, 1.82) is 0 Å². The Labute approximate surface area is 80.7 Å². The summed E-state index contributed by atoms with van der Waals surface area (Å²) in [5, 5.41) is 10.5. The molecular formula is C9H11NO4. The Morgan fingerprint density at radius 2 is 2.21 bits per heavy atom. The fraction of sp³-hybridized carbons (Fsp3) is 0.333. The molecule has 0 saturated heterocycles. The Morgan fingerprint density at radius 1 is 1.50 bits per heavy atom. The number of carboxylic acid groups (broad SMARTS) is 1. The molecule has 0 fully saturated rings. The maximum absolute atomic E-state index is 11.2. The largest absolute Gasteiger partial charge is 0.480 e. The van der Waals surface area contributed by atoms with Crippen LogP contribution in [0.25, 0.3) is 0 Å². The van der Waals surface area contributed by atoms with Crippen molar-refractivity contribution in [2.75, 3.05) is 6.54 Å². The molecule has 2 N–H and O–H groups in total. The molecule has 0 saturated carbocycles. The lowest BCUT2D eigenvalue weighted by atomic mass is 10.3. The van der Waals surface area contributed by atoms with Gasteiger partial charge in [0, 0.05) is 6.42 Å². The van der Waals surface area contributed by atoms with Gasteiger partial charge in [-0.3, -0.25) is 9.59 Å². The van der Waals surface area contributed by atoms with Crippen molar-refractivity contribution in [3.63, 3.8) is 0 Å². The van der Waals surface area contributed by atoms with Crippen LogP contribution in [-0.2, 0) is 11.2 Å². The second-order valence-electron chi connectivity index (χ2n) is 2.70. The van der Waals surface area contributed by atoms with Gasteiger partial charge in [0.05, 0.1) is 0 Å². The molecule has 1 aromatic rings. The van der Waals surface area contributed by atoms with Gasteiger partial charge in [0.15, 0.2) is 5.76 Å². The number of nitrogens with one attached hydrogen (secondary N) is 1. The van der Waals surface area contributed by atoms with Crippen LogP contribution in [0.15, 0.2) is 16.5 Å². The smallest absolute Gasteiger partial charge is 0.322 e. The van der Waals surface area contributed by atoms with Gasteiger partial charge in [-0.1, -0.05) is 6.92 Å². The van der Waals surface area contributed by atoms with E-state index in [1.165, 1.54) is 6.07 Å². The summed E-state index contributed by atoms with van der Waals surface area (Å²) in [5.74, 6) is -0.749. The normalized spacial score (nSPS) is 9.79. The third-order valence-electron chi connectivity index (χ3n) is 1.63. The molecule has 14 heavy (non-hydrogen) atoms. The van der Waals surface area contributed by atoms with E-state index in [0.29, 0.717) is 12.2 Å². The highest BCUT2D eigenvalue weighted by Crippen LogP contribution is 2.07. The van der Waals surface area contributed by atoms with Crippen LogP contribution in [0.4, 0.5) is 0 Å². The van der Waals surface area contributed by atoms with E-state index in [9.17, 15) is 9.59 Å². The number of hydrogen-bond donors (Lipinski definition) is 2. The van der Waals surface area contributed by atoms with Crippen LogP contribution in [0, 0.1) is 0 Å². The molecule has 0 aliphatic carbocycles. The number of aliphatic carboxylic acids is 1. The summed E-state index contributed by atoms with van der Waals surface area (Å²) in [6, 6.07) is 3.21. The summed E-state index contributed by atoms with van der Waals surface area (Å²) in [4.78, 5) is 21.4. The first-order chi connectivity index (χ1) is 6.63. The summed E-state index contributed by atoms with van der Waals surface area (Å²) in [6.45, 7) is 1.50. The molecular weight excluding hydrogens is 186 g/mol. The van der Waals surface area contributed by atoms with Gasteiger partial charge in [0.2, 0.25) is 0 Å². The first kappa shape index (κ1) is 10.3. The van der Waals surface area contributed by atoms with E-state index in [-0.39, 0.29) is 5.76 Å². The zero-order valence-electron chi connectivity index (χ0n) is 7.74. The fourth-order valence-electron chi connectivity index (χ4n) is 0.933. The lowest BCUT2D eigenvalue weighted by molar-refractivity contribution is -0.135. The number of furan rings is 1. The van der Waals surface area contributed by atoms with Gasteiger partial charge in [-0.05, 0) is 12.1 Å². The second-order valence-corrected chi connectivity index (χ2v) is 2.70. The number of rotatable bonds is 4. The van der Waals surface area contributed by atoms with E-state index in [0.717, 1.165) is 0 Å². The third-order valence-corrected chi connectivity index (χ3v) is 1.63. The van der Waals surface area contributed by atoms with Gasteiger partial charge in [0.25, 0.3) is 5.91 Å². The predicted molar refractivity (Wildman–Crippen MR) is 48.1 cm³/mol. The van der Waals surface area contributed by atoms with Crippen molar-refractivity contribution >= 4 is 11.9 Å². The molecule has 1 aromatic heterocycles. The van der Waals surface area contributed by atoms with Crippen LogP contribution in [0.2, 0.25) is 0 Å². The van der Waals surface area contributed by atoms with Gasteiger partial charge in [0.1, 0.15) is 12.3 Å². The van der Waals surface area contributed by atoms with E-state index in [1.54, 1.807) is 6.07 Å². The minimum atomic E-state index is -1.08. The standard InChI is InChI=1S/C9H11NO4/c1-2-6-3-4-7(14-6)9(13)10-5-8(11)12/h3-4H,2,5H2,1H3,(H,10,13)(H,11,12). The Morgan fingerprint density at radius 3 is 2.71 bits per heavy atom. The minimum absolute atomic E-state index is 0.142. The highest BCUT2D eigenvalue weighted by atomic mass is 16.4. The Bertz CT molecular complexity index is 342. The molecule has 1 amide bonds. The van der Waals surface area contributed by atoms with Crippen molar-refractivity contribution in [2.24, 2.45) is 0 Å². The zero-order chi connectivity index (χ0) is 10.6. The highest BCUT2D eigenvalue weighted by molar-refractivity contribution is 5.93. The van der Waals surface area contributed by atoms with Crippen molar-refractivity contribution in [2.45, 2.75) is 13.3 Å². The molecule has 0 aliphatic heterocycles. The fourth-order valence-corrected chi connectivity index (χ4v) is 0.933. The van der Waals surface area contributed by atoms with Gasteiger partial charge in [-0.15, -0.1) is 0 Å². The van der Waals surface area contributed by atoms with E-state index < -0.39 is 18.4 Å². The van der Waals surface area contributed by atoms with Crippen molar-refractivity contribution in [1.82, 2.24) is 5.32 Å². The number of carbonyl (C=O) groups is 2. The maximum Gasteiger partial charge on any atom is 0.322 e. The lowest BCUT2D eigenvalue weighted by Gasteiger charge is -1.97. The lowest BCUT2D eigenvalue weighted by Crippen LogP contribution is -2.28. The average Bonchev–Trinajstić information content (AvgIpc) is 2.62. The molecule has 0 bridgehead atoms. The van der Waals surface area contributed by atoms with Gasteiger partial charge < -0.3 is 14.8 Å². The zero-order valence-corrected chi connectivity index (χ0v) is 7.74. The molecule has 0 radical (unpaired) electrons. The molecule has 1 rings (SSSR count). The number of carbonyl (C=O) groups excluding carboxylic acids is 1. The SMILES string of the molecule is CCc1ccc(C(=O)NCC(=O)O)o1. The van der Waals surface area contributed by atoms with E-state index in [2.05, 4.69) is 5.32 Å². The minimum Gasteiger partial charge on any atom is -0.480 e. The summed E-state index contributed by atoms with van der Waals surface area (Å²) in [5.41, 5.74) is 0. The van der Waals surface area contributed by atoms with E-state index >= 15 is 0 Å². The Hall–Kier alpha value is -1.78.